The fraction of sp³-hybridized carbons (Fsp3) is 0.353. The molecule has 0 saturated carbocycles. The molecule has 0 radical (unpaired) electrons. The fourth-order valence-corrected chi connectivity index (χ4v) is 2.92. The van der Waals surface area contributed by atoms with Gasteiger partial charge in [-0.05, 0) is 50.5 Å². The number of aromatic carboxylic acids is 1. The van der Waals surface area contributed by atoms with E-state index in [1.165, 1.54) is 16.7 Å². The Kier molecular flexibility index (Phi) is 3.98. The molecule has 1 N–H and O–H groups in total. The Hall–Kier alpha value is -2.03. The molecular formula is C17H21NO2. The van der Waals surface area contributed by atoms with Crippen LogP contribution in [-0.4, -0.2) is 15.6 Å². The number of carboxylic acid groups (broad SMARTS) is 1. The van der Waals surface area contributed by atoms with Crippen LogP contribution in [0.1, 0.15) is 40.5 Å². The summed E-state index contributed by atoms with van der Waals surface area (Å²) in [6, 6.07) is 7.91. The zero-order valence-electron chi connectivity index (χ0n) is 12.5. The minimum Gasteiger partial charge on any atom is -0.477 e. The Labute approximate surface area is 119 Å². The van der Waals surface area contributed by atoms with Crippen molar-refractivity contribution in [3.8, 4) is 11.3 Å². The van der Waals surface area contributed by atoms with Crippen LogP contribution in [0.25, 0.3) is 11.3 Å². The van der Waals surface area contributed by atoms with Crippen LogP contribution in [0.4, 0.5) is 0 Å². The summed E-state index contributed by atoms with van der Waals surface area (Å²) in [4.78, 5) is 11.3. The lowest BCUT2D eigenvalue weighted by molar-refractivity contribution is 0.0685. The highest BCUT2D eigenvalue weighted by Crippen LogP contribution is 2.30. The summed E-state index contributed by atoms with van der Waals surface area (Å²) >= 11 is 0. The fourth-order valence-electron chi connectivity index (χ4n) is 2.92. The molecule has 1 aromatic heterocycles. The van der Waals surface area contributed by atoms with Gasteiger partial charge in [0.2, 0.25) is 0 Å². The van der Waals surface area contributed by atoms with Crippen LogP contribution >= 0.6 is 0 Å². The van der Waals surface area contributed by atoms with Crippen LogP contribution in [0.15, 0.2) is 24.3 Å². The molecule has 0 aliphatic carbocycles. The van der Waals surface area contributed by atoms with Crippen molar-refractivity contribution in [2.75, 3.05) is 0 Å². The lowest BCUT2D eigenvalue weighted by Gasteiger charge is -2.15. The maximum absolute atomic E-state index is 11.3. The van der Waals surface area contributed by atoms with E-state index in [9.17, 15) is 9.90 Å². The Balaban J connectivity index is 2.67. The maximum atomic E-state index is 11.3. The van der Waals surface area contributed by atoms with Crippen molar-refractivity contribution >= 4 is 5.97 Å². The molecule has 0 spiro atoms. The molecule has 1 aromatic carbocycles. The van der Waals surface area contributed by atoms with Crippen LogP contribution in [-0.2, 0) is 6.54 Å². The predicted molar refractivity (Wildman–Crippen MR) is 81.3 cm³/mol. The molecule has 106 valence electrons. The standard InChI is InChI=1S/C17H21NO2/c1-5-8-18-14(6-7-15(18)17(19)20)16-12(3)9-11(2)10-13(16)4/h6-7,9-10H,5,8H2,1-4H3,(H,19,20). The molecule has 0 aliphatic heterocycles. The normalized spacial score (nSPS) is 10.8. The van der Waals surface area contributed by atoms with Crippen molar-refractivity contribution < 1.29 is 9.90 Å². The smallest absolute Gasteiger partial charge is 0.352 e. The summed E-state index contributed by atoms with van der Waals surface area (Å²) < 4.78 is 1.91. The van der Waals surface area contributed by atoms with E-state index in [1.807, 2.05) is 10.6 Å². The molecule has 2 aromatic rings. The molecule has 2 rings (SSSR count). The van der Waals surface area contributed by atoms with E-state index in [2.05, 4.69) is 39.8 Å². The minimum atomic E-state index is -0.868. The monoisotopic (exact) mass is 271 g/mol. The number of aromatic nitrogens is 1. The largest absolute Gasteiger partial charge is 0.477 e. The van der Waals surface area contributed by atoms with Gasteiger partial charge in [-0.25, -0.2) is 4.79 Å². The molecule has 0 unspecified atom stereocenters. The SMILES string of the molecule is CCCn1c(C(=O)O)ccc1-c1c(C)cc(C)cc1C. The van der Waals surface area contributed by atoms with Gasteiger partial charge < -0.3 is 9.67 Å². The van der Waals surface area contributed by atoms with E-state index < -0.39 is 5.97 Å². The third kappa shape index (κ3) is 2.48. The number of nitrogens with zero attached hydrogens (tertiary/aromatic N) is 1. The van der Waals surface area contributed by atoms with Crippen molar-refractivity contribution in [3.05, 3.63) is 46.6 Å². The molecular weight excluding hydrogens is 250 g/mol. The number of carboxylic acids is 1. The summed E-state index contributed by atoms with van der Waals surface area (Å²) in [6.07, 6.45) is 0.909. The third-order valence-corrected chi connectivity index (χ3v) is 3.58. The number of hydrogen-bond donors (Lipinski definition) is 1. The summed E-state index contributed by atoms with van der Waals surface area (Å²) in [7, 11) is 0. The molecule has 0 fully saturated rings. The van der Waals surface area contributed by atoms with Crippen molar-refractivity contribution in [3.63, 3.8) is 0 Å². The van der Waals surface area contributed by atoms with Crippen LogP contribution in [0.2, 0.25) is 0 Å². The number of carbonyl (C=O) groups is 1. The number of rotatable bonds is 4. The van der Waals surface area contributed by atoms with Gasteiger partial charge in [0.1, 0.15) is 5.69 Å². The van der Waals surface area contributed by atoms with Crippen molar-refractivity contribution in [2.24, 2.45) is 0 Å². The van der Waals surface area contributed by atoms with Crippen molar-refractivity contribution in [1.82, 2.24) is 4.57 Å². The minimum absolute atomic E-state index is 0.362. The lowest BCUT2D eigenvalue weighted by Crippen LogP contribution is -2.10. The molecule has 0 atom stereocenters. The molecule has 0 bridgehead atoms. The van der Waals surface area contributed by atoms with Gasteiger partial charge in [-0.3, -0.25) is 0 Å². The summed E-state index contributed by atoms with van der Waals surface area (Å²) in [6.45, 7) is 9.02. The highest BCUT2D eigenvalue weighted by atomic mass is 16.4. The third-order valence-electron chi connectivity index (χ3n) is 3.58. The van der Waals surface area contributed by atoms with Crippen LogP contribution < -0.4 is 0 Å². The summed E-state index contributed by atoms with van der Waals surface area (Å²) in [5.41, 5.74) is 6.12. The first-order valence-electron chi connectivity index (χ1n) is 6.96. The van der Waals surface area contributed by atoms with E-state index in [0.29, 0.717) is 5.69 Å². The highest BCUT2D eigenvalue weighted by Gasteiger charge is 2.17. The van der Waals surface area contributed by atoms with Gasteiger partial charge in [-0.1, -0.05) is 24.6 Å². The second kappa shape index (κ2) is 5.53. The maximum Gasteiger partial charge on any atom is 0.352 e. The quantitative estimate of drug-likeness (QED) is 0.906. The Morgan fingerprint density at radius 2 is 1.75 bits per heavy atom. The van der Waals surface area contributed by atoms with Crippen molar-refractivity contribution in [1.29, 1.82) is 0 Å². The van der Waals surface area contributed by atoms with Crippen LogP contribution in [0, 0.1) is 20.8 Å². The molecule has 3 nitrogen and oxygen atoms in total. The Morgan fingerprint density at radius 3 is 2.25 bits per heavy atom. The zero-order chi connectivity index (χ0) is 14.9. The van der Waals surface area contributed by atoms with E-state index >= 15 is 0 Å². The van der Waals surface area contributed by atoms with Gasteiger partial charge in [0.05, 0.1) is 0 Å². The molecule has 1 heterocycles. The second-order valence-electron chi connectivity index (χ2n) is 5.33. The van der Waals surface area contributed by atoms with Crippen LogP contribution in [0.5, 0.6) is 0 Å². The molecule has 0 amide bonds. The average Bonchev–Trinajstić information content (AvgIpc) is 2.72. The first-order valence-corrected chi connectivity index (χ1v) is 6.96. The van der Waals surface area contributed by atoms with Gasteiger partial charge >= 0.3 is 5.97 Å². The van der Waals surface area contributed by atoms with Gasteiger partial charge in [-0.2, -0.15) is 0 Å². The number of benzene rings is 1. The average molecular weight is 271 g/mol. The second-order valence-corrected chi connectivity index (χ2v) is 5.33. The first-order chi connectivity index (χ1) is 9.45. The Morgan fingerprint density at radius 1 is 1.15 bits per heavy atom. The highest BCUT2D eigenvalue weighted by molar-refractivity contribution is 5.88. The molecule has 0 saturated heterocycles. The van der Waals surface area contributed by atoms with Gasteiger partial charge in [0.25, 0.3) is 0 Å². The van der Waals surface area contributed by atoms with E-state index in [0.717, 1.165) is 24.2 Å². The summed E-state index contributed by atoms with van der Waals surface area (Å²) in [5.74, 6) is -0.868. The predicted octanol–water partition coefficient (Wildman–Crippen LogP) is 4.19. The zero-order valence-corrected chi connectivity index (χ0v) is 12.5. The lowest BCUT2D eigenvalue weighted by atomic mass is 9.97. The van der Waals surface area contributed by atoms with Gasteiger partial charge in [0.15, 0.2) is 0 Å². The topological polar surface area (TPSA) is 42.2 Å². The van der Waals surface area contributed by atoms with Gasteiger partial charge in [0, 0.05) is 17.8 Å². The van der Waals surface area contributed by atoms with E-state index in [-0.39, 0.29) is 0 Å². The summed E-state index contributed by atoms with van der Waals surface area (Å²) in [5, 5.41) is 9.31. The van der Waals surface area contributed by atoms with Crippen LogP contribution in [0.3, 0.4) is 0 Å². The molecule has 20 heavy (non-hydrogen) atoms. The molecule has 0 aliphatic rings. The first kappa shape index (κ1) is 14.4. The van der Waals surface area contributed by atoms with Crippen molar-refractivity contribution in [2.45, 2.75) is 40.7 Å². The molecule has 3 heteroatoms. The number of aryl methyl sites for hydroxylation is 3. The number of hydrogen-bond acceptors (Lipinski definition) is 1. The Bertz CT molecular complexity index is 630. The van der Waals surface area contributed by atoms with Gasteiger partial charge in [-0.15, -0.1) is 0 Å². The van der Waals surface area contributed by atoms with E-state index in [4.69, 9.17) is 0 Å². The van der Waals surface area contributed by atoms with E-state index in [1.54, 1.807) is 6.07 Å².